The number of hydrogen-bond acceptors (Lipinski definition) is 4. The molecule has 4 heteroatoms. The minimum Gasteiger partial charge on any atom is -0.508 e. The molecule has 0 heterocycles. The van der Waals surface area contributed by atoms with Crippen molar-refractivity contribution in [1.82, 2.24) is 0 Å². The van der Waals surface area contributed by atoms with Gasteiger partial charge in [-0.3, -0.25) is 0 Å². The van der Waals surface area contributed by atoms with Gasteiger partial charge in [0.1, 0.15) is 11.5 Å². The highest BCUT2D eigenvalue weighted by Crippen LogP contribution is 2.45. The van der Waals surface area contributed by atoms with Crippen molar-refractivity contribution < 1.29 is 10.2 Å². The largest absolute Gasteiger partial charge is 0.508 e. The van der Waals surface area contributed by atoms with E-state index < -0.39 is 0 Å². The Labute approximate surface area is 165 Å². The second-order valence-electron chi connectivity index (χ2n) is 8.94. The summed E-state index contributed by atoms with van der Waals surface area (Å²) in [5.41, 5.74) is 3.85. The average molecular weight is 391 g/mol. The molecule has 0 aliphatic rings. The number of phenols is 2. The van der Waals surface area contributed by atoms with E-state index in [1.165, 1.54) is 0 Å². The molecule has 0 saturated heterocycles. The van der Waals surface area contributed by atoms with E-state index in [9.17, 15) is 10.2 Å². The number of aromatic hydroxyl groups is 2. The van der Waals surface area contributed by atoms with Crippen molar-refractivity contribution in [1.29, 1.82) is 0 Å². The van der Waals surface area contributed by atoms with Crippen molar-refractivity contribution in [2.24, 2.45) is 0 Å². The Hall–Kier alpha value is -1.26. The minimum atomic E-state index is -0.106. The highest BCUT2D eigenvalue weighted by molar-refractivity contribution is 8.76. The first-order chi connectivity index (χ1) is 11.8. The fourth-order valence-corrected chi connectivity index (χ4v) is 5.32. The van der Waals surface area contributed by atoms with Gasteiger partial charge in [0.25, 0.3) is 0 Å². The molecule has 0 radical (unpaired) electrons. The van der Waals surface area contributed by atoms with Gasteiger partial charge in [-0.25, -0.2) is 0 Å². The number of hydrogen-bond donors (Lipinski definition) is 2. The monoisotopic (exact) mass is 390 g/mol. The van der Waals surface area contributed by atoms with Crippen molar-refractivity contribution >= 4 is 21.6 Å². The van der Waals surface area contributed by atoms with E-state index in [2.05, 4.69) is 53.7 Å². The van der Waals surface area contributed by atoms with Crippen molar-refractivity contribution in [3.05, 3.63) is 46.5 Å². The summed E-state index contributed by atoms with van der Waals surface area (Å²) < 4.78 is 0. The second-order valence-corrected chi connectivity index (χ2v) is 11.1. The number of benzene rings is 2. The fourth-order valence-electron chi connectivity index (χ4n) is 2.82. The van der Waals surface area contributed by atoms with Crippen LogP contribution in [-0.4, -0.2) is 10.2 Å². The normalized spacial score (nSPS) is 12.5. The minimum absolute atomic E-state index is 0.106. The Balaban J connectivity index is 2.35. The number of rotatable bonds is 3. The third kappa shape index (κ3) is 4.72. The molecule has 0 aliphatic heterocycles. The van der Waals surface area contributed by atoms with Crippen LogP contribution in [0.5, 0.6) is 11.5 Å². The van der Waals surface area contributed by atoms with Crippen molar-refractivity contribution in [3.8, 4) is 11.5 Å². The quantitative estimate of drug-likeness (QED) is 0.548. The van der Waals surface area contributed by atoms with Gasteiger partial charge in [0, 0.05) is 20.9 Å². The third-order valence-electron chi connectivity index (χ3n) is 4.42. The Morgan fingerprint density at radius 2 is 0.923 bits per heavy atom. The number of aryl methyl sites for hydroxylation is 2. The standard InChI is InChI=1S/C22H30O2S2/c1-13-9-17(23)15(21(3,4)5)11-19(13)25-26-20-12-16(22(6,7)8)18(24)10-14(20)2/h9-12,23-24H,1-8H3. The lowest BCUT2D eigenvalue weighted by molar-refractivity contribution is 0.444. The summed E-state index contributed by atoms with van der Waals surface area (Å²) >= 11 is 0. The zero-order valence-electron chi connectivity index (χ0n) is 17.0. The lowest BCUT2D eigenvalue weighted by Crippen LogP contribution is -2.11. The topological polar surface area (TPSA) is 40.5 Å². The molecule has 142 valence electrons. The zero-order valence-corrected chi connectivity index (χ0v) is 18.7. The first kappa shape index (κ1) is 21.0. The molecular weight excluding hydrogens is 360 g/mol. The summed E-state index contributed by atoms with van der Waals surface area (Å²) in [4.78, 5) is 2.31. The van der Waals surface area contributed by atoms with E-state index in [0.29, 0.717) is 11.5 Å². The second kappa shape index (κ2) is 7.40. The Kier molecular flexibility index (Phi) is 5.99. The maximum Gasteiger partial charge on any atom is 0.119 e. The van der Waals surface area contributed by atoms with Gasteiger partial charge < -0.3 is 10.2 Å². The van der Waals surface area contributed by atoms with Crippen LogP contribution in [-0.2, 0) is 10.8 Å². The molecule has 26 heavy (non-hydrogen) atoms. The van der Waals surface area contributed by atoms with Crippen LogP contribution in [0.3, 0.4) is 0 Å². The maximum atomic E-state index is 10.3. The summed E-state index contributed by atoms with van der Waals surface area (Å²) in [5.74, 6) is 0.723. The van der Waals surface area contributed by atoms with Crippen LogP contribution in [0, 0.1) is 13.8 Å². The van der Waals surface area contributed by atoms with Gasteiger partial charge >= 0.3 is 0 Å². The molecule has 2 rings (SSSR count). The highest BCUT2D eigenvalue weighted by Gasteiger charge is 2.22. The highest BCUT2D eigenvalue weighted by atomic mass is 33.1. The van der Waals surface area contributed by atoms with Crippen LogP contribution in [0.1, 0.15) is 63.8 Å². The van der Waals surface area contributed by atoms with Crippen LogP contribution in [0.2, 0.25) is 0 Å². The van der Waals surface area contributed by atoms with E-state index in [4.69, 9.17) is 0 Å². The molecular formula is C22H30O2S2. The van der Waals surface area contributed by atoms with Crippen LogP contribution < -0.4 is 0 Å². The summed E-state index contributed by atoms with van der Waals surface area (Å²) in [6.45, 7) is 16.7. The van der Waals surface area contributed by atoms with Crippen molar-refractivity contribution in [3.63, 3.8) is 0 Å². The molecule has 0 bridgehead atoms. The molecule has 2 aromatic rings. The Morgan fingerprint density at radius 3 is 1.19 bits per heavy atom. The molecule has 0 fully saturated rings. The van der Waals surface area contributed by atoms with E-state index in [-0.39, 0.29) is 10.8 Å². The third-order valence-corrected chi connectivity index (χ3v) is 7.07. The predicted molar refractivity (Wildman–Crippen MR) is 115 cm³/mol. The van der Waals surface area contributed by atoms with Gasteiger partial charge in [-0.1, -0.05) is 63.1 Å². The van der Waals surface area contributed by atoms with Crippen LogP contribution in [0.4, 0.5) is 0 Å². The van der Waals surface area contributed by atoms with Gasteiger partial charge in [0.2, 0.25) is 0 Å². The number of phenolic OH excluding ortho intramolecular Hbond substituents is 2. The summed E-state index contributed by atoms with van der Waals surface area (Å²) in [5, 5.41) is 20.6. The lowest BCUT2D eigenvalue weighted by atomic mass is 9.86. The molecule has 0 unspecified atom stereocenters. The average Bonchev–Trinajstić information content (AvgIpc) is 2.45. The zero-order chi connectivity index (χ0) is 19.9. The van der Waals surface area contributed by atoms with Crippen LogP contribution >= 0.6 is 21.6 Å². The lowest BCUT2D eigenvalue weighted by Gasteiger charge is -2.23. The van der Waals surface area contributed by atoms with E-state index in [1.807, 2.05) is 26.0 Å². The van der Waals surface area contributed by atoms with E-state index >= 15 is 0 Å². The summed E-state index contributed by atoms with van der Waals surface area (Å²) in [6, 6.07) is 7.91. The van der Waals surface area contributed by atoms with Gasteiger partial charge in [-0.2, -0.15) is 0 Å². The van der Waals surface area contributed by atoms with Gasteiger partial charge in [-0.15, -0.1) is 0 Å². The first-order valence-corrected chi connectivity index (χ1v) is 11.0. The fraction of sp³-hybridized carbons (Fsp3) is 0.455. The summed E-state index contributed by atoms with van der Waals surface area (Å²) in [7, 11) is 3.40. The molecule has 0 aliphatic carbocycles. The molecule has 2 N–H and O–H groups in total. The molecule has 0 spiro atoms. The molecule has 2 nitrogen and oxygen atoms in total. The Bertz CT molecular complexity index is 743. The molecule has 2 aromatic carbocycles. The van der Waals surface area contributed by atoms with E-state index in [0.717, 1.165) is 32.0 Å². The Morgan fingerprint density at radius 1 is 0.615 bits per heavy atom. The molecule has 0 saturated carbocycles. The van der Waals surface area contributed by atoms with Crippen LogP contribution in [0.15, 0.2) is 34.1 Å². The van der Waals surface area contributed by atoms with Gasteiger partial charge in [-0.05, 0) is 60.1 Å². The smallest absolute Gasteiger partial charge is 0.119 e. The molecule has 0 amide bonds. The SMILES string of the molecule is Cc1cc(O)c(C(C)(C)C)cc1SSc1cc(C(C)(C)C)c(O)cc1C. The van der Waals surface area contributed by atoms with Gasteiger partial charge in [0.15, 0.2) is 0 Å². The van der Waals surface area contributed by atoms with E-state index in [1.54, 1.807) is 21.6 Å². The van der Waals surface area contributed by atoms with Crippen LogP contribution in [0.25, 0.3) is 0 Å². The van der Waals surface area contributed by atoms with Crippen molar-refractivity contribution in [2.45, 2.75) is 76.0 Å². The molecule has 0 atom stereocenters. The van der Waals surface area contributed by atoms with Crippen molar-refractivity contribution in [2.75, 3.05) is 0 Å². The maximum absolute atomic E-state index is 10.3. The predicted octanol–water partition coefficient (Wildman–Crippen LogP) is 7.11. The first-order valence-electron chi connectivity index (χ1n) is 8.83. The summed E-state index contributed by atoms with van der Waals surface area (Å²) in [6.07, 6.45) is 0. The molecule has 0 aromatic heterocycles. The van der Waals surface area contributed by atoms with Gasteiger partial charge in [0.05, 0.1) is 0 Å².